The van der Waals surface area contributed by atoms with Crippen molar-refractivity contribution in [1.29, 1.82) is 0 Å². The van der Waals surface area contributed by atoms with Gasteiger partial charge in [0.1, 0.15) is 0 Å². The Labute approximate surface area is 130 Å². The molecule has 2 rings (SSSR count). The highest BCUT2D eigenvalue weighted by atomic mass is 35.5. The van der Waals surface area contributed by atoms with Crippen LogP contribution in [0.3, 0.4) is 0 Å². The molecule has 0 amide bonds. The Morgan fingerprint density at radius 3 is 3.10 bits per heavy atom. The molecule has 1 aromatic rings. The summed E-state index contributed by atoms with van der Waals surface area (Å²) in [5.41, 5.74) is 1.82. The zero-order valence-corrected chi connectivity index (χ0v) is 12.8. The van der Waals surface area contributed by atoms with Crippen molar-refractivity contribution < 1.29 is 14.6 Å². The van der Waals surface area contributed by atoms with E-state index in [0.717, 1.165) is 43.3 Å². The number of benzene rings is 1. The largest absolute Gasteiger partial charge is 0.478 e. The van der Waals surface area contributed by atoms with E-state index in [-0.39, 0.29) is 6.10 Å². The SMILES string of the molecule is CCOC1CCCN(c2cc(Cl)ccc2/C=C/C(=O)O)C1. The van der Waals surface area contributed by atoms with Crippen molar-refractivity contribution in [2.24, 2.45) is 0 Å². The Hall–Kier alpha value is -1.52. The van der Waals surface area contributed by atoms with Crippen LogP contribution in [-0.4, -0.2) is 36.9 Å². The predicted octanol–water partition coefficient (Wildman–Crippen LogP) is 3.44. The van der Waals surface area contributed by atoms with Gasteiger partial charge in [-0.2, -0.15) is 0 Å². The van der Waals surface area contributed by atoms with Crippen molar-refractivity contribution in [1.82, 2.24) is 0 Å². The van der Waals surface area contributed by atoms with Crippen LogP contribution >= 0.6 is 11.6 Å². The summed E-state index contributed by atoms with van der Waals surface area (Å²) >= 11 is 6.10. The summed E-state index contributed by atoms with van der Waals surface area (Å²) in [6.07, 6.45) is 5.10. The van der Waals surface area contributed by atoms with Gasteiger partial charge in [0.05, 0.1) is 6.10 Å². The summed E-state index contributed by atoms with van der Waals surface area (Å²) in [5.74, 6) is -0.957. The van der Waals surface area contributed by atoms with Crippen LogP contribution in [0.4, 0.5) is 5.69 Å². The van der Waals surface area contributed by atoms with E-state index in [4.69, 9.17) is 21.4 Å². The molecular weight excluding hydrogens is 290 g/mol. The van der Waals surface area contributed by atoms with Gasteiger partial charge in [-0.1, -0.05) is 17.7 Å². The van der Waals surface area contributed by atoms with Crippen LogP contribution in [-0.2, 0) is 9.53 Å². The van der Waals surface area contributed by atoms with E-state index in [0.29, 0.717) is 11.6 Å². The van der Waals surface area contributed by atoms with Gasteiger partial charge >= 0.3 is 5.97 Å². The molecule has 4 nitrogen and oxygen atoms in total. The van der Waals surface area contributed by atoms with Gasteiger partial charge in [-0.3, -0.25) is 0 Å². The van der Waals surface area contributed by atoms with Crippen molar-refractivity contribution >= 4 is 29.3 Å². The van der Waals surface area contributed by atoms with Crippen molar-refractivity contribution in [2.75, 3.05) is 24.6 Å². The molecule has 1 aromatic carbocycles. The van der Waals surface area contributed by atoms with E-state index in [1.165, 1.54) is 0 Å². The first kappa shape index (κ1) is 15.9. The van der Waals surface area contributed by atoms with Crippen molar-refractivity contribution in [3.8, 4) is 0 Å². The Kier molecular flexibility index (Phi) is 5.65. The lowest BCUT2D eigenvalue weighted by Crippen LogP contribution is -2.40. The van der Waals surface area contributed by atoms with Crippen molar-refractivity contribution in [3.05, 3.63) is 34.9 Å². The van der Waals surface area contributed by atoms with Crippen LogP contribution in [0.1, 0.15) is 25.3 Å². The number of anilines is 1. The second-order valence-electron chi connectivity index (χ2n) is 5.04. The summed E-state index contributed by atoms with van der Waals surface area (Å²) in [7, 11) is 0. The fraction of sp³-hybridized carbons (Fsp3) is 0.438. The summed E-state index contributed by atoms with van der Waals surface area (Å²) in [6, 6.07) is 5.51. The second kappa shape index (κ2) is 7.48. The number of carboxylic acid groups (broad SMARTS) is 1. The number of aliphatic carboxylic acids is 1. The summed E-state index contributed by atoms with van der Waals surface area (Å²) in [4.78, 5) is 12.9. The number of carboxylic acids is 1. The maximum Gasteiger partial charge on any atom is 0.328 e. The Balaban J connectivity index is 2.24. The second-order valence-corrected chi connectivity index (χ2v) is 5.48. The normalized spacial score (nSPS) is 19.1. The first-order valence-corrected chi connectivity index (χ1v) is 7.55. The fourth-order valence-corrected chi connectivity index (χ4v) is 2.79. The number of ether oxygens (including phenoxy) is 1. The van der Waals surface area contributed by atoms with Crippen LogP contribution in [0.5, 0.6) is 0 Å². The molecule has 1 aliphatic heterocycles. The first-order valence-electron chi connectivity index (χ1n) is 7.17. The minimum absolute atomic E-state index is 0.221. The molecule has 1 N–H and O–H groups in total. The van der Waals surface area contributed by atoms with Gasteiger partial charge in [0.25, 0.3) is 0 Å². The van der Waals surface area contributed by atoms with E-state index in [1.54, 1.807) is 12.1 Å². The summed E-state index contributed by atoms with van der Waals surface area (Å²) in [6.45, 7) is 4.44. The molecule has 1 aliphatic rings. The van der Waals surface area contributed by atoms with Crippen LogP contribution in [0, 0.1) is 0 Å². The molecule has 0 aliphatic carbocycles. The molecule has 1 atom stereocenters. The molecule has 0 saturated carbocycles. The molecule has 0 radical (unpaired) electrons. The standard InChI is InChI=1S/C16H20ClNO3/c1-2-21-14-4-3-9-18(11-14)15-10-13(17)7-5-12(15)6-8-16(19)20/h5-8,10,14H,2-4,9,11H2,1H3,(H,19,20)/b8-6+. The zero-order chi connectivity index (χ0) is 15.2. The molecule has 1 fully saturated rings. The van der Waals surface area contributed by atoms with Gasteiger partial charge in [-0.25, -0.2) is 4.79 Å². The third-order valence-electron chi connectivity index (χ3n) is 3.52. The number of piperidine rings is 1. The van der Waals surface area contributed by atoms with Crippen molar-refractivity contribution in [3.63, 3.8) is 0 Å². The first-order chi connectivity index (χ1) is 10.1. The van der Waals surface area contributed by atoms with Gasteiger partial charge in [-0.05, 0) is 43.5 Å². The average Bonchev–Trinajstić information content (AvgIpc) is 2.46. The van der Waals surface area contributed by atoms with Crippen molar-refractivity contribution in [2.45, 2.75) is 25.9 Å². The minimum atomic E-state index is -0.957. The predicted molar refractivity (Wildman–Crippen MR) is 85.0 cm³/mol. The number of hydrogen-bond acceptors (Lipinski definition) is 3. The monoisotopic (exact) mass is 309 g/mol. The van der Waals surface area contributed by atoms with Crippen LogP contribution in [0.25, 0.3) is 6.08 Å². The lowest BCUT2D eigenvalue weighted by molar-refractivity contribution is -0.131. The number of hydrogen-bond donors (Lipinski definition) is 1. The summed E-state index contributed by atoms with van der Waals surface area (Å²) < 4.78 is 5.72. The minimum Gasteiger partial charge on any atom is -0.478 e. The van der Waals surface area contributed by atoms with Crippen LogP contribution in [0.15, 0.2) is 24.3 Å². The van der Waals surface area contributed by atoms with Crippen LogP contribution in [0.2, 0.25) is 5.02 Å². The number of rotatable bonds is 5. The Bertz CT molecular complexity index is 528. The molecule has 5 heteroatoms. The lowest BCUT2D eigenvalue weighted by Gasteiger charge is -2.35. The van der Waals surface area contributed by atoms with E-state index >= 15 is 0 Å². The quantitative estimate of drug-likeness (QED) is 0.846. The maximum atomic E-state index is 10.7. The summed E-state index contributed by atoms with van der Waals surface area (Å²) in [5, 5.41) is 9.45. The highest BCUT2D eigenvalue weighted by molar-refractivity contribution is 6.31. The van der Waals surface area contributed by atoms with Gasteiger partial charge in [0, 0.05) is 36.5 Å². The highest BCUT2D eigenvalue weighted by Gasteiger charge is 2.21. The topological polar surface area (TPSA) is 49.8 Å². The van der Waals surface area contributed by atoms with E-state index in [9.17, 15) is 4.79 Å². The van der Waals surface area contributed by atoms with Crippen LogP contribution < -0.4 is 4.90 Å². The Morgan fingerprint density at radius 1 is 1.57 bits per heavy atom. The molecular formula is C16H20ClNO3. The molecule has 0 spiro atoms. The van der Waals surface area contributed by atoms with E-state index in [1.807, 2.05) is 19.1 Å². The third-order valence-corrected chi connectivity index (χ3v) is 3.75. The highest BCUT2D eigenvalue weighted by Crippen LogP contribution is 2.29. The number of carbonyl (C=O) groups is 1. The molecule has 114 valence electrons. The molecule has 1 saturated heterocycles. The fourth-order valence-electron chi connectivity index (χ4n) is 2.62. The lowest BCUT2D eigenvalue weighted by atomic mass is 10.0. The van der Waals surface area contributed by atoms with Gasteiger partial charge in [0.2, 0.25) is 0 Å². The van der Waals surface area contributed by atoms with Gasteiger partial charge in [0.15, 0.2) is 0 Å². The third kappa shape index (κ3) is 4.48. The van der Waals surface area contributed by atoms with E-state index in [2.05, 4.69) is 4.90 Å². The van der Waals surface area contributed by atoms with Gasteiger partial charge < -0.3 is 14.7 Å². The number of nitrogens with zero attached hydrogens (tertiary/aromatic N) is 1. The molecule has 21 heavy (non-hydrogen) atoms. The molecule has 1 unspecified atom stereocenters. The molecule has 0 bridgehead atoms. The average molecular weight is 310 g/mol. The zero-order valence-electron chi connectivity index (χ0n) is 12.1. The molecule has 0 aromatic heterocycles. The van der Waals surface area contributed by atoms with Gasteiger partial charge in [-0.15, -0.1) is 0 Å². The smallest absolute Gasteiger partial charge is 0.328 e. The van der Waals surface area contributed by atoms with E-state index < -0.39 is 5.97 Å². The maximum absolute atomic E-state index is 10.7. The Morgan fingerprint density at radius 2 is 2.38 bits per heavy atom. The molecule has 1 heterocycles. The number of halogens is 1.